The highest BCUT2D eigenvalue weighted by Gasteiger charge is 2.58. The van der Waals surface area contributed by atoms with E-state index in [1.807, 2.05) is 0 Å². The fraction of sp³-hybridized carbons (Fsp3) is 0.355. The molecule has 0 aliphatic heterocycles. The predicted octanol–water partition coefficient (Wildman–Crippen LogP) is 16.7. The standard InChI is InChI=1S/C62H61N/c1-38-27-42-31-40(3)61(46(29-38)33-42)57-21-9-7-18-53(57)55-36-49(23-25-59(55)61)63(48-16-11-15-45(35-48)52-20-12-14-44-13-5-6-17-51(44)52)50-24-26-60-56(37-50)54-19-8-10-22-58(54)62(60)41(4)32-43-28-39(2)30-47(62)34-43/h5-26,35-43,46-47H,27-34H2,1-4H3/t38-,39-,40+,41+,42?,43?,46-,47-,61-,62+/m1/s1. The van der Waals surface area contributed by atoms with Crippen LogP contribution >= 0.6 is 0 Å². The van der Waals surface area contributed by atoms with E-state index in [9.17, 15) is 0 Å². The van der Waals surface area contributed by atoms with Gasteiger partial charge < -0.3 is 4.90 Å². The van der Waals surface area contributed by atoms with E-state index in [1.54, 1.807) is 22.3 Å². The lowest BCUT2D eigenvalue weighted by Gasteiger charge is -2.54. The molecule has 1 heteroatoms. The monoisotopic (exact) mass is 819 g/mol. The van der Waals surface area contributed by atoms with Crippen molar-refractivity contribution >= 4 is 27.8 Å². The fourth-order valence-electron chi connectivity index (χ4n) is 16.4. The Balaban J connectivity index is 1.02. The third-order valence-electron chi connectivity index (χ3n) is 18.2. The minimum absolute atomic E-state index is 0.0761. The fourth-order valence-corrected chi connectivity index (χ4v) is 16.4. The van der Waals surface area contributed by atoms with Gasteiger partial charge in [0, 0.05) is 27.9 Å². The zero-order valence-electron chi connectivity index (χ0n) is 37.7. The van der Waals surface area contributed by atoms with Crippen molar-refractivity contribution in [3.05, 3.63) is 174 Å². The summed E-state index contributed by atoms with van der Waals surface area (Å²) in [4.78, 5) is 2.60. The Kier molecular flexibility index (Phi) is 8.49. The van der Waals surface area contributed by atoms with Crippen LogP contribution in [-0.2, 0) is 10.8 Å². The van der Waals surface area contributed by atoms with E-state index in [4.69, 9.17) is 0 Å². The Hall–Kier alpha value is -5.40. The van der Waals surface area contributed by atoms with E-state index in [-0.39, 0.29) is 10.8 Å². The lowest BCUT2D eigenvalue weighted by atomic mass is 9.49. The first-order valence-electron chi connectivity index (χ1n) is 24.7. The molecule has 6 aliphatic carbocycles. The van der Waals surface area contributed by atoms with Crippen LogP contribution in [0.1, 0.15) is 101 Å². The molecule has 0 saturated heterocycles. The molecule has 63 heavy (non-hydrogen) atoms. The first-order chi connectivity index (χ1) is 30.8. The van der Waals surface area contributed by atoms with Crippen molar-refractivity contribution in [3.63, 3.8) is 0 Å². The summed E-state index contributed by atoms with van der Waals surface area (Å²) >= 11 is 0. The number of hydrogen-bond acceptors (Lipinski definition) is 1. The molecule has 6 aliphatic rings. The molecule has 10 atom stereocenters. The molecule has 0 N–H and O–H groups in total. The van der Waals surface area contributed by atoms with Crippen molar-refractivity contribution in [1.82, 2.24) is 0 Å². The number of fused-ring (bicyclic) bond motifs is 17. The van der Waals surface area contributed by atoms with Crippen molar-refractivity contribution in [1.29, 1.82) is 0 Å². The van der Waals surface area contributed by atoms with Crippen LogP contribution in [0.2, 0.25) is 0 Å². The maximum Gasteiger partial charge on any atom is 0.0468 e. The van der Waals surface area contributed by atoms with Crippen LogP contribution in [0.3, 0.4) is 0 Å². The van der Waals surface area contributed by atoms with Gasteiger partial charge >= 0.3 is 0 Å². The molecular weight excluding hydrogens is 759 g/mol. The van der Waals surface area contributed by atoms with Crippen molar-refractivity contribution < 1.29 is 0 Å². The summed E-state index contributed by atoms with van der Waals surface area (Å²) in [6, 6.07) is 59.4. The first-order valence-corrected chi connectivity index (χ1v) is 24.7. The summed E-state index contributed by atoms with van der Waals surface area (Å²) < 4.78 is 0. The number of hydrogen-bond donors (Lipinski definition) is 0. The Morgan fingerprint density at radius 1 is 0.381 bits per heavy atom. The molecule has 2 unspecified atom stereocenters. The summed E-state index contributed by atoms with van der Waals surface area (Å²) in [5.74, 6) is 5.92. The van der Waals surface area contributed by atoms with E-state index in [0.29, 0.717) is 23.7 Å². The van der Waals surface area contributed by atoms with Gasteiger partial charge in [0.25, 0.3) is 0 Å². The van der Waals surface area contributed by atoms with Gasteiger partial charge in [0.2, 0.25) is 0 Å². The second-order valence-electron chi connectivity index (χ2n) is 21.7. The summed E-state index contributed by atoms with van der Waals surface area (Å²) in [6.45, 7) is 10.2. The highest BCUT2D eigenvalue weighted by Crippen LogP contribution is 2.67. The molecule has 1 nitrogen and oxygen atoms in total. The first kappa shape index (κ1) is 38.1. The van der Waals surface area contributed by atoms with Crippen LogP contribution in [0.15, 0.2) is 152 Å². The van der Waals surface area contributed by atoms with Crippen LogP contribution in [-0.4, -0.2) is 0 Å². The van der Waals surface area contributed by atoms with Crippen molar-refractivity contribution in [2.75, 3.05) is 4.90 Å². The second-order valence-corrected chi connectivity index (χ2v) is 21.7. The minimum Gasteiger partial charge on any atom is -0.310 e. The van der Waals surface area contributed by atoms with Gasteiger partial charge in [0.05, 0.1) is 0 Å². The smallest absolute Gasteiger partial charge is 0.0468 e. The number of rotatable bonds is 4. The number of nitrogens with zero attached hydrogens (tertiary/aromatic N) is 1. The average molecular weight is 820 g/mol. The molecule has 0 amide bonds. The molecule has 7 aromatic carbocycles. The van der Waals surface area contributed by atoms with Crippen LogP contribution in [0.25, 0.3) is 44.2 Å². The molecule has 7 aromatic rings. The van der Waals surface area contributed by atoms with E-state index in [0.717, 1.165) is 23.7 Å². The molecule has 0 radical (unpaired) electrons. The van der Waals surface area contributed by atoms with Crippen molar-refractivity contribution in [3.8, 4) is 33.4 Å². The molecule has 0 heterocycles. The van der Waals surface area contributed by atoms with Crippen LogP contribution in [0.4, 0.5) is 17.1 Å². The molecular formula is C62H61N. The number of anilines is 3. The summed E-state index contributed by atoms with van der Waals surface area (Å²) in [5, 5.41) is 2.57. The Morgan fingerprint density at radius 3 is 1.46 bits per heavy atom. The lowest BCUT2D eigenvalue weighted by molar-refractivity contribution is 0.0425. The highest BCUT2D eigenvalue weighted by atomic mass is 15.1. The molecule has 4 bridgehead atoms. The Bertz CT molecular complexity index is 2800. The molecule has 4 saturated carbocycles. The van der Waals surface area contributed by atoms with E-state index in [1.165, 1.54) is 113 Å². The Morgan fingerprint density at radius 2 is 0.857 bits per heavy atom. The van der Waals surface area contributed by atoms with Crippen molar-refractivity contribution in [2.45, 2.75) is 89.9 Å². The third-order valence-corrected chi connectivity index (χ3v) is 18.2. The second kappa shape index (κ2) is 14.0. The molecule has 2 spiro atoms. The van der Waals surface area contributed by atoms with Gasteiger partial charge in [-0.05, 0) is 202 Å². The predicted molar refractivity (Wildman–Crippen MR) is 264 cm³/mol. The van der Waals surface area contributed by atoms with Crippen molar-refractivity contribution in [2.24, 2.45) is 47.3 Å². The van der Waals surface area contributed by atoms with Crippen LogP contribution < -0.4 is 4.90 Å². The summed E-state index contributed by atoms with van der Waals surface area (Å²) in [5.41, 5.74) is 18.5. The Labute approximate surface area is 375 Å². The van der Waals surface area contributed by atoms with Gasteiger partial charge in [0.1, 0.15) is 0 Å². The van der Waals surface area contributed by atoms with E-state index in [2.05, 4.69) is 184 Å². The van der Waals surface area contributed by atoms with Gasteiger partial charge in [-0.2, -0.15) is 0 Å². The summed E-state index contributed by atoms with van der Waals surface area (Å²) in [6.07, 6.45) is 10.9. The normalized spacial score (nSPS) is 30.8. The quantitative estimate of drug-likeness (QED) is 0.171. The molecule has 314 valence electrons. The topological polar surface area (TPSA) is 3.24 Å². The highest BCUT2D eigenvalue weighted by molar-refractivity contribution is 5.98. The number of benzene rings is 7. The van der Waals surface area contributed by atoms with Crippen LogP contribution in [0.5, 0.6) is 0 Å². The van der Waals surface area contributed by atoms with Gasteiger partial charge in [-0.25, -0.2) is 0 Å². The zero-order valence-corrected chi connectivity index (χ0v) is 37.7. The molecule has 4 fully saturated rings. The molecule has 0 aromatic heterocycles. The van der Waals surface area contributed by atoms with Gasteiger partial charge in [-0.3, -0.25) is 0 Å². The molecule has 13 rings (SSSR count). The van der Waals surface area contributed by atoms with Gasteiger partial charge in [0.15, 0.2) is 0 Å². The minimum atomic E-state index is 0.0761. The maximum atomic E-state index is 2.60. The van der Waals surface area contributed by atoms with E-state index >= 15 is 0 Å². The van der Waals surface area contributed by atoms with Gasteiger partial charge in [-0.1, -0.05) is 143 Å². The SMILES string of the molecule is C[C@@H]1CC2C[C@@H](C1)[C@@]1(c3ccccc3-c3cc(N(c4cccc(-c5cccc6ccccc56)c4)c4ccc5c(c4)-c4ccccc4[C@]54[C@H]5CC(C[C@@H](C)C5)C[C@@H]4C)ccc31)[C@@H](C)C2. The average Bonchev–Trinajstić information content (AvgIpc) is 3.76. The maximum absolute atomic E-state index is 2.60. The van der Waals surface area contributed by atoms with Crippen LogP contribution in [0, 0.1) is 47.3 Å². The van der Waals surface area contributed by atoms with Gasteiger partial charge in [-0.15, -0.1) is 0 Å². The third kappa shape index (κ3) is 5.35. The summed E-state index contributed by atoms with van der Waals surface area (Å²) in [7, 11) is 0. The van der Waals surface area contributed by atoms with E-state index < -0.39 is 0 Å². The lowest BCUT2D eigenvalue weighted by Crippen LogP contribution is -2.49. The largest absolute Gasteiger partial charge is 0.310 e. The zero-order chi connectivity index (χ0) is 42.2.